The Morgan fingerprint density at radius 2 is 2.29 bits per heavy atom. The number of benzene rings is 1. The summed E-state index contributed by atoms with van der Waals surface area (Å²) < 4.78 is 13.1. The number of anilines is 1. The van der Waals surface area contributed by atoms with E-state index in [1.807, 2.05) is 24.8 Å². The molecule has 1 nitrogen and oxygen atoms in total. The zero-order valence-corrected chi connectivity index (χ0v) is 9.03. The van der Waals surface area contributed by atoms with Crippen LogP contribution in [0.3, 0.4) is 0 Å². The Morgan fingerprint density at radius 1 is 1.43 bits per heavy atom. The molecule has 1 aromatic carbocycles. The molecule has 1 aliphatic rings. The summed E-state index contributed by atoms with van der Waals surface area (Å²) in [6, 6.07) is 5.62. The van der Waals surface area contributed by atoms with Crippen LogP contribution in [-0.2, 0) is 0 Å². The summed E-state index contributed by atoms with van der Waals surface area (Å²) in [5.41, 5.74) is 1.88. The summed E-state index contributed by atoms with van der Waals surface area (Å²) in [5, 5.41) is 3.36. The molecule has 3 heteroatoms. The highest BCUT2D eigenvalue weighted by molar-refractivity contribution is 7.99. The third-order valence-corrected chi connectivity index (χ3v) is 3.51. The van der Waals surface area contributed by atoms with Crippen molar-refractivity contribution >= 4 is 17.4 Å². The number of hydrogen-bond acceptors (Lipinski definition) is 2. The van der Waals surface area contributed by atoms with Gasteiger partial charge in [0.15, 0.2) is 0 Å². The van der Waals surface area contributed by atoms with Gasteiger partial charge in [0, 0.05) is 17.5 Å². The Labute approximate surface area is 88.1 Å². The van der Waals surface area contributed by atoms with E-state index in [9.17, 15) is 4.39 Å². The molecule has 0 aromatic heterocycles. The molecule has 1 aromatic rings. The van der Waals surface area contributed by atoms with Crippen LogP contribution in [0.2, 0.25) is 0 Å². The van der Waals surface area contributed by atoms with Gasteiger partial charge < -0.3 is 5.32 Å². The van der Waals surface area contributed by atoms with Crippen molar-refractivity contribution < 1.29 is 4.39 Å². The minimum Gasteiger partial charge on any atom is -0.381 e. The zero-order valence-electron chi connectivity index (χ0n) is 8.22. The lowest BCUT2D eigenvalue weighted by Gasteiger charge is -2.13. The molecule has 76 valence electrons. The average Bonchev–Trinajstić information content (AvgIpc) is 2.54. The van der Waals surface area contributed by atoms with Crippen LogP contribution in [0.1, 0.15) is 12.0 Å². The molecule has 1 unspecified atom stereocenters. The fourth-order valence-electron chi connectivity index (χ4n) is 1.70. The number of hydrogen-bond donors (Lipinski definition) is 1. The normalized spacial score (nSPS) is 21.1. The van der Waals surface area contributed by atoms with Crippen molar-refractivity contribution in [3.8, 4) is 0 Å². The molecular weight excluding hydrogens is 197 g/mol. The lowest BCUT2D eigenvalue weighted by molar-refractivity contribution is 0.626. The highest BCUT2D eigenvalue weighted by Gasteiger charge is 2.14. The fourth-order valence-corrected chi connectivity index (χ4v) is 2.86. The van der Waals surface area contributed by atoms with E-state index in [-0.39, 0.29) is 5.82 Å². The quantitative estimate of drug-likeness (QED) is 0.807. The summed E-state index contributed by atoms with van der Waals surface area (Å²) in [6.07, 6.45) is 1.18. The molecule has 14 heavy (non-hydrogen) atoms. The van der Waals surface area contributed by atoms with Crippen LogP contribution in [0.15, 0.2) is 18.2 Å². The maximum atomic E-state index is 13.1. The molecule has 1 saturated heterocycles. The summed E-state index contributed by atoms with van der Waals surface area (Å²) in [4.78, 5) is 0. The standard InChI is InChI=1S/C11H14FNS/c1-8-4-9(12)6-11(5-8)13-10-2-3-14-7-10/h4-6,10,13H,2-3,7H2,1H3. The van der Waals surface area contributed by atoms with E-state index in [0.717, 1.165) is 17.0 Å². The van der Waals surface area contributed by atoms with Crippen LogP contribution in [-0.4, -0.2) is 17.5 Å². The second kappa shape index (κ2) is 4.22. The third kappa shape index (κ3) is 2.41. The molecule has 0 radical (unpaired) electrons. The highest BCUT2D eigenvalue weighted by Crippen LogP contribution is 2.22. The van der Waals surface area contributed by atoms with Crippen LogP contribution in [0.4, 0.5) is 10.1 Å². The van der Waals surface area contributed by atoms with Gasteiger partial charge in [0.2, 0.25) is 0 Å². The van der Waals surface area contributed by atoms with Crippen molar-refractivity contribution in [3.05, 3.63) is 29.6 Å². The predicted molar refractivity (Wildman–Crippen MR) is 60.5 cm³/mol. The Morgan fingerprint density at radius 3 is 2.93 bits per heavy atom. The van der Waals surface area contributed by atoms with Gasteiger partial charge in [0.1, 0.15) is 5.82 Å². The Bertz CT molecular complexity index is 301. The first kappa shape index (κ1) is 9.84. The predicted octanol–water partition coefficient (Wildman–Crippen LogP) is 3.05. The van der Waals surface area contributed by atoms with Gasteiger partial charge in [0.05, 0.1) is 0 Å². The maximum absolute atomic E-state index is 13.1. The molecule has 0 bridgehead atoms. The third-order valence-electron chi connectivity index (χ3n) is 2.34. The summed E-state index contributed by atoms with van der Waals surface area (Å²) in [5.74, 6) is 2.19. The largest absolute Gasteiger partial charge is 0.381 e. The number of aryl methyl sites for hydroxylation is 1. The average molecular weight is 211 g/mol. The first-order chi connectivity index (χ1) is 6.74. The Kier molecular flexibility index (Phi) is 2.96. The van der Waals surface area contributed by atoms with Gasteiger partial charge in [-0.2, -0.15) is 11.8 Å². The molecule has 1 aliphatic heterocycles. The van der Waals surface area contributed by atoms with E-state index >= 15 is 0 Å². The van der Waals surface area contributed by atoms with Gasteiger partial charge in [0.25, 0.3) is 0 Å². The molecule has 0 amide bonds. The molecule has 0 saturated carbocycles. The molecule has 1 heterocycles. The van der Waals surface area contributed by atoms with Crippen LogP contribution in [0, 0.1) is 12.7 Å². The van der Waals surface area contributed by atoms with Gasteiger partial charge in [-0.05, 0) is 42.9 Å². The molecule has 0 spiro atoms. The van der Waals surface area contributed by atoms with E-state index in [2.05, 4.69) is 5.32 Å². The van der Waals surface area contributed by atoms with Crippen LogP contribution in [0.5, 0.6) is 0 Å². The number of thioether (sulfide) groups is 1. The van der Waals surface area contributed by atoms with E-state index in [4.69, 9.17) is 0 Å². The minimum atomic E-state index is -0.154. The summed E-state index contributed by atoms with van der Waals surface area (Å²) in [6.45, 7) is 1.91. The smallest absolute Gasteiger partial charge is 0.125 e. The Balaban J connectivity index is 2.07. The Hall–Kier alpha value is -0.700. The van der Waals surface area contributed by atoms with Gasteiger partial charge in [-0.3, -0.25) is 0 Å². The van der Waals surface area contributed by atoms with Crippen molar-refractivity contribution in [2.45, 2.75) is 19.4 Å². The molecule has 1 atom stereocenters. The minimum absolute atomic E-state index is 0.154. The van der Waals surface area contributed by atoms with Gasteiger partial charge >= 0.3 is 0 Å². The number of nitrogens with one attached hydrogen (secondary N) is 1. The zero-order chi connectivity index (χ0) is 9.97. The second-order valence-corrected chi connectivity index (χ2v) is 4.87. The van der Waals surface area contributed by atoms with Crippen molar-refractivity contribution in [2.75, 3.05) is 16.8 Å². The van der Waals surface area contributed by atoms with E-state index in [1.54, 1.807) is 12.1 Å². The first-order valence-electron chi connectivity index (χ1n) is 4.85. The topological polar surface area (TPSA) is 12.0 Å². The number of halogens is 1. The van der Waals surface area contributed by atoms with Crippen molar-refractivity contribution in [2.24, 2.45) is 0 Å². The van der Waals surface area contributed by atoms with Crippen LogP contribution >= 0.6 is 11.8 Å². The van der Waals surface area contributed by atoms with E-state index < -0.39 is 0 Å². The van der Waals surface area contributed by atoms with Crippen molar-refractivity contribution in [3.63, 3.8) is 0 Å². The summed E-state index contributed by atoms with van der Waals surface area (Å²) in [7, 11) is 0. The van der Waals surface area contributed by atoms with Crippen molar-refractivity contribution in [1.82, 2.24) is 0 Å². The van der Waals surface area contributed by atoms with Crippen LogP contribution < -0.4 is 5.32 Å². The second-order valence-electron chi connectivity index (χ2n) is 3.72. The number of rotatable bonds is 2. The van der Waals surface area contributed by atoms with Gasteiger partial charge in [-0.15, -0.1) is 0 Å². The summed E-state index contributed by atoms with van der Waals surface area (Å²) >= 11 is 1.95. The highest BCUT2D eigenvalue weighted by atomic mass is 32.2. The SMILES string of the molecule is Cc1cc(F)cc(NC2CCSC2)c1. The lowest BCUT2D eigenvalue weighted by Crippen LogP contribution is -2.18. The monoisotopic (exact) mass is 211 g/mol. The van der Waals surface area contributed by atoms with Crippen LogP contribution in [0.25, 0.3) is 0 Å². The maximum Gasteiger partial charge on any atom is 0.125 e. The van der Waals surface area contributed by atoms with Gasteiger partial charge in [-0.25, -0.2) is 4.39 Å². The molecule has 1 fully saturated rings. The molecular formula is C11H14FNS. The first-order valence-corrected chi connectivity index (χ1v) is 6.01. The molecule has 1 N–H and O–H groups in total. The van der Waals surface area contributed by atoms with E-state index in [0.29, 0.717) is 6.04 Å². The molecule has 0 aliphatic carbocycles. The molecule has 2 rings (SSSR count). The fraction of sp³-hybridized carbons (Fsp3) is 0.455. The van der Waals surface area contributed by atoms with Crippen molar-refractivity contribution in [1.29, 1.82) is 0 Å². The van der Waals surface area contributed by atoms with Gasteiger partial charge in [-0.1, -0.05) is 0 Å². The lowest BCUT2D eigenvalue weighted by atomic mass is 10.2. The van der Waals surface area contributed by atoms with E-state index in [1.165, 1.54) is 12.2 Å².